The van der Waals surface area contributed by atoms with Gasteiger partial charge in [0.15, 0.2) is 17.3 Å². The lowest BCUT2D eigenvalue weighted by molar-refractivity contribution is 0.190. The van der Waals surface area contributed by atoms with Crippen LogP contribution in [0.1, 0.15) is 37.2 Å². The average Bonchev–Trinajstić information content (AvgIpc) is 3.14. The molecule has 2 aromatic rings. The van der Waals surface area contributed by atoms with Crippen LogP contribution >= 0.6 is 0 Å². The van der Waals surface area contributed by atoms with E-state index in [1.807, 2.05) is 30.4 Å². The molecule has 7 heteroatoms. The summed E-state index contributed by atoms with van der Waals surface area (Å²) < 4.78 is 16.6. The highest BCUT2D eigenvalue weighted by Gasteiger charge is 2.24. The van der Waals surface area contributed by atoms with Gasteiger partial charge in [-0.3, -0.25) is 4.90 Å². The molecule has 2 heterocycles. The van der Waals surface area contributed by atoms with Gasteiger partial charge in [-0.25, -0.2) is 0 Å². The van der Waals surface area contributed by atoms with Gasteiger partial charge in [0.05, 0.1) is 19.8 Å². The van der Waals surface area contributed by atoms with Crippen LogP contribution < -0.4 is 14.8 Å². The number of hydrogen-bond acceptors (Lipinski definition) is 7. The third-order valence-electron chi connectivity index (χ3n) is 4.44. The lowest BCUT2D eigenvalue weighted by Gasteiger charge is -2.30. The summed E-state index contributed by atoms with van der Waals surface area (Å²) >= 11 is 0. The van der Waals surface area contributed by atoms with Crippen molar-refractivity contribution in [1.82, 2.24) is 20.4 Å². The summed E-state index contributed by atoms with van der Waals surface area (Å²) in [6.45, 7) is 7.66. The largest absolute Gasteiger partial charge is 0.493 e. The van der Waals surface area contributed by atoms with E-state index in [-0.39, 0.29) is 6.04 Å². The van der Waals surface area contributed by atoms with Gasteiger partial charge in [0.25, 0.3) is 5.89 Å². The quantitative estimate of drug-likeness (QED) is 0.801. The SMILES string of the molecule is COc1cc(/C=C/c2nc(C3CNCCN3C)no2)ccc1OCC(C)C. The molecule has 0 aliphatic carbocycles. The second-order valence-corrected chi connectivity index (χ2v) is 7.14. The molecule has 3 rings (SSSR count). The molecule has 1 aromatic carbocycles. The van der Waals surface area contributed by atoms with Crippen molar-refractivity contribution in [3.63, 3.8) is 0 Å². The van der Waals surface area contributed by atoms with Crippen molar-refractivity contribution >= 4 is 12.2 Å². The first-order chi connectivity index (χ1) is 13.1. The Morgan fingerprint density at radius 2 is 2.19 bits per heavy atom. The molecule has 1 aliphatic rings. The number of ether oxygens (including phenoxy) is 2. The number of piperazine rings is 1. The Bertz CT molecular complexity index is 772. The summed E-state index contributed by atoms with van der Waals surface area (Å²) in [5, 5.41) is 7.49. The lowest BCUT2D eigenvalue weighted by Crippen LogP contribution is -2.44. The molecule has 1 aromatic heterocycles. The molecule has 1 fully saturated rings. The smallest absolute Gasteiger partial charge is 0.250 e. The van der Waals surface area contributed by atoms with Crippen molar-refractivity contribution in [1.29, 1.82) is 0 Å². The second kappa shape index (κ2) is 9.01. The predicted molar refractivity (Wildman–Crippen MR) is 105 cm³/mol. The maximum absolute atomic E-state index is 5.79. The summed E-state index contributed by atoms with van der Waals surface area (Å²) in [5.41, 5.74) is 0.972. The summed E-state index contributed by atoms with van der Waals surface area (Å²) in [6, 6.07) is 5.97. The number of rotatable bonds is 7. The second-order valence-electron chi connectivity index (χ2n) is 7.14. The first-order valence-electron chi connectivity index (χ1n) is 9.30. The standard InChI is InChI=1S/C20H28N4O3/c1-14(2)13-26-17-7-5-15(11-18(17)25-4)6-8-19-22-20(23-27-19)16-12-21-9-10-24(16)3/h5-8,11,14,16,21H,9-10,12-13H2,1-4H3/b8-6+. The van der Waals surface area contributed by atoms with E-state index in [0.717, 1.165) is 30.9 Å². The fourth-order valence-electron chi connectivity index (χ4n) is 2.88. The molecular formula is C20H28N4O3. The number of methoxy groups -OCH3 is 1. The number of aromatic nitrogens is 2. The highest BCUT2D eigenvalue weighted by atomic mass is 16.5. The van der Waals surface area contributed by atoms with Crippen molar-refractivity contribution in [2.75, 3.05) is 40.4 Å². The van der Waals surface area contributed by atoms with Crippen molar-refractivity contribution in [3.05, 3.63) is 35.5 Å². The summed E-state index contributed by atoms with van der Waals surface area (Å²) in [4.78, 5) is 6.74. The molecule has 27 heavy (non-hydrogen) atoms. The van der Waals surface area contributed by atoms with E-state index in [2.05, 4.69) is 41.3 Å². The Morgan fingerprint density at radius 1 is 1.33 bits per heavy atom. The minimum absolute atomic E-state index is 0.141. The Morgan fingerprint density at radius 3 is 2.93 bits per heavy atom. The van der Waals surface area contributed by atoms with Crippen LogP contribution in [0, 0.1) is 5.92 Å². The minimum atomic E-state index is 0.141. The summed E-state index contributed by atoms with van der Waals surface area (Å²) in [6.07, 6.45) is 3.74. The number of nitrogens with one attached hydrogen (secondary N) is 1. The number of likely N-dealkylation sites (N-methyl/N-ethyl adjacent to an activating group) is 1. The fraction of sp³-hybridized carbons (Fsp3) is 0.500. The zero-order chi connectivity index (χ0) is 19.2. The Labute approximate surface area is 160 Å². The van der Waals surface area contributed by atoms with Crippen molar-refractivity contribution in [2.24, 2.45) is 5.92 Å². The van der Waals surface area contributed by atoms with Gasteiger partial charge in [-0.15, -0.1) is 0 Å². The van der Waals surface area contributed by atoms with Crippen LogP contribution in [0.15, 0.2) is 22.7 Å². The summed E-state index contributed by atoms with van der Waals surface area (Å²) in [7, 11) is 3.72. The molecule has 0 saturated carbocycles. The van der Waals surface area contributed by atoms with Crippen molar-refractivity contribution in [2.45, 2.75) is 19.9 Å². The molecule has 0 spiro atoms. The average molecular weight is 372 g/mol. The molecule has 0 radical (unpaired) electrons. The predicted octanol–water partition coefficient (Wildman–Crippen LogP) is 2.86. The van der Waals surface area contributed by atoms with E-state index in [0.29, 0.717) is 30.0 Å². The van der Waals surface area contributed by atoms with E-state index < -0.39 is 0 Å². The molecule has 1 aliphatic heterocycles. The van der Waals surface area contributed by atoms with Gasteiger partial charge in [-0.05, 0) is 36.7 Å². The maximum atomic E-state index is 5.79. The van der Waals surface area contributed by atoms with Gasteiger partial charge in [0, 0.05) is 25.7 Å². The summed E-state index contributed by atoms with van der Waals surface area (Å²) in [5.74, 6) is 3.11. The maximum Gasteiger partial charge on any atom is 0.250 e. The molecule has 7 nitrogen and oxygen atoms in total. The van der Waals surface area contributed by atoms with E-state index in [1.165, 1.54) is 0 Å². The van der Waals surface area contributed by atoms with E-state index in [1.54, 1.807) is 7.11 Å². The molecule has 1 saturated heterocycles. The van der Waals surface area contributed by atoms with Crippen molar-refractivity contribution in [3.8, 4) is 11.5 Å². The molecule has 0 amide bonds. The van der Waals surface area contributed by atoms with Gasteiger partial charge in [0.1, 0.15) is 0 Å². The van der Waals surface area contributed by atoms with Crippen LogP contribution in [0.4, 0.5) is 0 Å². The van der Waals surface area contributed by atoms with E-state index >= 15 is 0 Å². The van der Waals surface area contributed by atoms with Gasteiger partial charge in [0.2, 0.25) is 0 Å². The van der Waals surface area contributed by atoms with Crippen LogP contribution in [-0.2, 0) is 0 Å². The first-order valence-corrected chi connectivity index (χ1v) is 9.30. The van der Waals surface area contributed by atoms with Gasteiger partial charge >= 0.3 is 0 Å². The first kappa shape index (κ1) is 19.4. The fourth-order valence-corrected chi connectivity index (χ4v) is 2.88. The molecule has 146 valence electrons. The monoisotopic (exact) mass is 372 g/mol. The molecule has 1 N–H and O–H groups in total. The molecular weight excluding hydrogens is 344 g/mol. The van der Waals surface area contributed by atoms with Crippen molar-refractivity contribution < 1.29 is 14.0 Å². The van der Waals surface area contributed by atoms with Crippen LogP contribution in [0.25, 0.3) is 12.2 Å². The van der Waals surface area contributed by atoms with Gasteiger partial charge < -0.3 is 19.3 Å². The third kappa shape index (κ3) is 5.08. The van der Waals surface area contributed by atoms with Gasteiger partial charge in [-0.1, -0.05) is 25.1 Å². The number of hydrogen-bond donors (Lipinski definition) is 1. The highest BCUT2D eigenvalue weighted by Crippen LogP contribution is 2.29. The third-order valence-corrected chi connectivity index (χ3v) is 4.44. The molecule has 1 atom stereocenters. The Balaban J connectivity index is 1.69. The normalized spacial score (nSPS) is 18.3. The van der Waals surface area contributed by atoms with Crippen LogP contribution in [0.5, 0.6) is 11.5 Å². The van der Waals surface area contributed by atoms with Gasteiger partial charge in [-0.2, -0.15) is 4.98 Å². The molecule has 0 bridgehead atoms. The van der Waals surface area contributed by atoms with Crippen LogP contribution in [-0.4, -0.2) is 55.4 Å². The zero-order valence-corrected chi connectivity index (χ0v) is 16.4. The topological polar surface area (TPSA) is 72.7 Å². The number of nitrogens with zero attached hydrogens (tertiary/aromatic N) is 3. The van der Waals surface area contributed by atoms with E-state index in [4.69, 9.17) is 14.0 Å². The van der Waals surface area contributed by atoms with E-state index in [9.17, 15) is 0 Å². The molecule has 1 unspecified atom stereocenters. The number of benzene rings is 1. The zero-order valence-electron chi connectivity index (χ0n) is 16.4. The lowest BCUT2D eigenvalue weighted by atomic mass is 10.2. The van der Waals surface area contributed by atoms with Crippen LogP contribution in [0.2, 0.25) is 0 Å². The Kier molecular flexibility index (Phi) is 6.47. The Hall–Kier alpha value is -2.38. The van der Waals surface area contributed by atoms with Crippen LogP contribution in [0.3, 0.4) is 0 Å². The highest BCUT2D eigenvalue weighted by molar-refractivity contribution is 5.67. The minimum Gasteiger partial charge on any atom is -0.493 e.